The van der Waals surface area contributed by atoms with Crippen LogP contribution in [0.4, 0.5) is 0 Å². The van der Waals surface area contributed by atoms with Crippen molar-refractivity contribution in [3.8, 4) is 11.5 Å². The van der Waals surface area contributed by atoms with Crippen molar-refractivity contribution in [2.24, 2.45) is 0 Å². The number of carbonyl (C=O) groups excluding carboxylic acids is 1. The van der Waals surface area contributed by atoms with Crippen molar-refractivity contribution in [1.82, 2.24) is 0 Å². The van der Waals surface area contributed by atoms with Crippen molar-refractivity contribution >= 4 is 17.1 Å². The van der Waals surface area contributed by atoms with Crippen LogP contribution in [0.1, 0.15) is 123 Å². The molecule has 0 amide bonds. The molecule has 0 aromatic heterocycles. The lowest BCUT2D eigenvalue weighted by Gasteiger charge is -2.26. The fourth-order valence-corrected chi connectivity index (χ4v) is 6.69. The first-order chi connectivity index (χ1) is 19.6. The Kier molecular flexibility index (Phi) is 9.21. The monoisotopic (exact) mass is 534 g/mol. The summed E-state index contributed by atoms with van der Waals surface area (Å²) in [5.74, 6) is 1.58. The van der Waals surface area contributed by atoms with Gasteiger partial charge in [0.25, 0.3) is 0 Å². The highest BCUT2D eigenvalue weighted by atomic mass is 16.5. The number of hydrogen-bond acceptors (Lipinski definition) is 3. The maximum Gasteiger partial charge on any atom is 0.343 e. The second-order valence-corrected chi connectivity index (χ2v) is 11.4. The maximum atomic E-state index is 13.0. The molecule has 0 bridgehead atoms. The van der Waals surface area contributed by atoms with Gasteiger partial charge in [-0.05, 0) is 121 Å². The molecular formula is C37H42O3. The number of rotatable bonds is 7. The molecule has 3 aromatic carbocycles. The Hall–Kier alpha value is -3.59. The third-order valence-electron chi connectivity index (χ3n) is 8.83. The van der Waals surface area contributed by atoms with Gasteiger partial charge >= 0.3 is 5.97 Å². The van der Waals surface area contributed by atoms with Crippen LogP contribution in [0.3, 0.4) is 0 Å². The van der Waals surface area contributed by atoms with Crippen LogP contribution in [0.25, 0.3) is 11.1 Å². The third-order valence-corrected chi connectivity index (χ3v) is 8.83. The molecule has 208 valence electrons. The number of ether oxygens (including phenoxy) is 1. The van der Waals surface area contributed by atoms with Crippen LogP contribution >= 0.6 is 0 Å². The third kappa shape index (κ3) is 6.25. The summed E-state index contributed by atoms with van der Waals surface area (Å²) in [5, 5.41) is 10.7. The molecule has 2 aliphatic carbocycles. The van der Waals surface area contributed by atoms with E-state index >= 15 is 0 Å². The number of phenolic OH excluding ortho intramolecular Hbond substituents is 1. The number of carbonyl (C=O) groups is 1. The van der Waals surface area contributed by atoms with Crippen LogP contribution in [0, 0.1) is 0 Å². The van der Waals surface area contributed by atoms with Crippen molar-refractivity contribution < 1.29 is 14.6 Å². The van der Waals surface area contributed by atoms with E-state index < -0.39 is 0 Å². The average Bonchev–Trinajstić information content (AvgIpc) is 3.02. The van der Waals surface area contributed by atoms with Gasteiger partial charge in [-0.3, -0.25) is 0 Å². The molecule has 40 heavy (non-hydrogen) atoms. The van der Waals surface area contributed by atoms with Gasteiger partial charge in [0, 0.05) is 0 Å². The number of benzene rings is 3. The molecular weight excluding hydrogens is 492 g/mol. The Balaban J connectivity index is 1.49. The van der Waals surface area contributed by atoms with Crippen molar-refractivity contribution in [2.45, 2.75) is 89.9 Å². The Labute approximate surface area is 239 Å². The molecule has 0 saturated heterocycles. The second kappa shape index (κ2) is 13.2. The SMILES string of the molecule is CC=C(C(=CC)c1ccc(OC(=O)c2ccccc2)c(C2CCCCC2)c1)c1ccc(O)c(C2CCCCC2)c1. The molecule has 3 nitrogen and oxygen atoms in total. The maximum absolute atomic E-state index is 13.0. The van der Waals surface area contributed by atoms with E-state index in [1.807, 2.05) is 36.4 Å². The summed E-state index contributed by atoms with van der Waals surface area (Å²) < 4.78 is 6.02. The van der Waals surface area contributed by atoms with E-state index in [0.717, 1.165) is 59.1 Å². The standard InChI is InChI=1S/C37H42O3/c1-3-31(29-20-22-35(38)33(24-29)26-14-8-5-9-15-26)32(4-2)30-21-23-36(34(25-30)27-16-10-6-11-17-27)40-37(39)28-18-12-7-13-19-28/h3-4,7,12-13,18-27,38H,5-6,8-11,14-17H2,1-2H3. The van der Waals surface area contributed by atoms with Crippen LogP contribution < -0.4 is 4.74 Å². The quantitative estimate of drug-likeness (QED) is 0.186. The van der Waals surface area contributed by atoms with Gasteiger partial charge in [-0.15, -0.1) is 0 Å². The predicted molar refractivity (Wildman–Crippen MR) is 165 cm³/mol. The lowest BCUT2D eigenvalue weighted by molar-refractivity contribution is 0.0732. The fraction of sp³-hybridized carbons (Fsp3) is 0.378. The van der Waals surface area contributed by atoms with Crippen LogP contribution in [0.15, 0.2) is 78.9 Å². The molecule has 3 heteroatoms. The van der Waals surface area contributed by atoms with Gasteiger partial charge in [-0.1, -0.05) is 81.0 Å². The van der Waals surface area contributed by atoms with Gasteiger partial charge in [-0.25, -0.2) is 4.79 Å². The van der Waals surface area contributed by atoms with Crippen molar-refractivity contribution in [3.05, 3.63) is 107 Å². The first-order valence-electron chi connectivity index (χ1n) is 15.2. The van der Waals surface area contributed by atoms with E-state index in [1.54, 1.807) is 12.1 Å². The minimum atomic E-state index is -0.315. The summed E-state index contributed by atoms with van der Waals surface area (Å²) in [4.78, 5) is 13.0. The highest BCUT2D eigenvalue weighted by Gasteiger charge is 2.24. The Morgan fingerprint density at radius 3 is 1.77 bits per heavy atom. The van der Waals surface area contributed by atoms with Crippen LogP contribution in [0.5, 0.6) is 11.5 Å². The lowest BCUT2D eigenvalue weighted by atomic mass is 9.80. The first kappa shape index (κ1) is 28.0. The highest BCUT2D eigenvalue weighted by molar-refractivity contribution is 6.05. The summed E-state index contributed by atoms with van der Waals surface area (Å²) in [6, 6.07) is 21.7. The average molecular weight is 535 g/mol. The molecule has 1 N–H and O–H groups in total. The zero-order chi connectivity index (χ0) is 27.9. The molecule has 3 aromatic rings. The summed E-state index contributed by atoms with van der Waals surface area (Å²) in [7, 11) is 0. The van der Waals surface area contributed by atoms with Gasteiger partial charge in [0.15, 0.2) is 0 Å². The van der Waals surface area contributed by atoms with Gasteiger partial charge in [-0.2, -0.15) is 0 Å². The van der Waals surface area contributed by atoms with E-state index in [4.69, 9.17) is 4.74 Å². The van der Waals surface area contributed by atoms with E-state index in [1.165, 1.54) is 38.5 Å². The summed E-state index contributed by atoms with van der Waals surface area (Å²) in [5.41, 5.74) is 7.34. The van der Waals surface area contributed by atoms with Gasteiger partial charge in [0.05, 0.1) is 5.56 Å². The lowest BCUT2D eigenvalue weighted by Crippen LogP contribution is -2.13. The molecule has 2 fully saturated rings. The Morgan fingerprint density at radius 1 is 0.675 bits per heavy atom. The summed E-state index contributed by atoms with van der Waals surface area (Å²) >= 11 is 0. The van der Waals surface area contributed by atoms with E-state index in [9.17, 15) is 9.90 Å². The fourth-order valence-electron chi connectivity index (χ4n) is 6.69. The van der Waals surface area contributed by atoms with Gasteiger partial charge in [0.1, 0.15) is 11.5 Å². The van der Waals surface area contributed by atoms with E-state index in [0.29, 0.717) is 28.9 Å². The predicted octanol–water partition coefficient (Wildman–Crippen LogP) is 10.2. The molecule has 0 aliphatic heterocycles. The normalized spacial score (nSPS) is 17.6. The zero-order valence-corrected chi connectivity index (χ0v) is 24.0. The topological polar surface area (TPSA) is 46.5 Å². The van der Waals surface area contributed by atoms with Gasteiger partial charge in [0.2, 0.25) is 0 Å². The van der Waals surface area contributed by atoms with Crippen LogP contribution in [0.2, 0.25) is 0 Å². The number of aromatic hydroxyl groups is 1. The molecule has 0 unspecified atom stereocenters. The minimum Gasteiger partial charge on any atom is -0.508 e. The Bertz CT molecular complexity index is 1370. The first-order valence-corrected chi connectivity index (χ1v) is 15.2. The van der Waals surface area contributed by atoms with Crippen molar-refractivity contribution in [1.29, 1.82) is 0 Å². The Morgan fingerprint density at radius 2 is 1.20 bits per heavy atom. The number of phenols is 1. The summed E-state index contributed by atoms with van der Waals surface area (Å²) in [6.45, 7) is 4.18. The smallest absolute Gasteiger partial charge is 0.343 e. The molecule has 5 rings (SSSR count). The number of hydrogen-bond donors (Lipinski definition) is 1. The van der Waals surface area contributed by atoms with Crippen LogP contribution in [-0.4, -0.2) is 11.1 Å². The van der Waals surface area contributed by atoms with Gasteiger partial charge < -0.3 is 9.84 Å². The molecule has 0 atom stereocenters. The number of esters is 1. The highest BCUT2D eigenvalue weighted by Crippen LogP contribution is 2.43. The minimum absolute atomic E-state index is 0.315. The van der Waals surface area contributed by atoms with E-state index in [2.05, 4.69) is 44.2 Å². The van der Waals surface area contributed by atoms with Crippen LogP contribution in [-0.2, 0) is 0 Å². The summed E-state index contributed by atoms with van der Waals surface area (Å²) in [6.07, 6.45) is 16.3. The van der Waals surface area contributed by atoms with Crippen molar-refractivity contribution in [3.63, 3.8) is 0 Å². The molecule has 0 radical (unpaired) electrons. The molecule has 2 saturated carbocycles. The van der Waals surface area contributed by atoms with E-state index in [-0.39, 0.29) is 5.97 Å². The number of allylic oxidation sites excluding steroid dienone is 4. The second-order valence-electron chi connectivity index (χ2n) is 11.4. The molecule has 0 heterocycles. The molecule has 2 aliphatic rings. The largest absolute Gasteiger partial charge is 0.508 e. The zero-order valence-electron chi connectivity index (χ0n) is 24.0. The van der Waals surface area contributed by atoms with Crippen molar-refractivity contribution in [2.75, 3.05) is 0 Å². The molecule has 0 spiro atoms.